The zero-order valence-electron chi connectivity index (χ0n) is 16.1. The maximum absolute atomic E-state index is 12.6. The van der Waals surface area contributed by atoms with Crippen LogP contribution in [0.4, 0.5) is 0 Å². The van der Waals surface area contributed by atoms with Crippen LogP contribution in [0.1, 0.15) is 15.9 Å². The van der Waals surface area contributed by atoms with Gasteiger partial charge in [0.05, 0.1) is 20.3 Å². The fourth-order valence-corrected chi connectivity index (χ4v) is 3.14. The molecule has 1 aliphatic rings. The number of amides is 1. The van der Waals surface area contributed by atoms with Crippen molar-refractivity contribution in [1.82, 2.24) is 10.6 Å². The van der Waals surface area contributed by atoms with Crippen molar-refractivity contribution < 1.29 is 24.1 Å². The van der Waals surface area contributed by atoms with Crippen molar-refractivity contribution in [2.45, 2.75) is 12.7 Å². The van der Waals surface area contributed by atoms with Crippen molar-refractivity contribution in [2.24, 2.45) is 5.92 Å². The van der Waals surface area contributed by atoms with Gasteiger partial charge in [0.1, 0.15) is 6.61 Å². The molecule has 1 amide bonds. The van der Waals surface area contributed by atoms with Crippen molar-refractivity contribution in [1.29, 1.82) is 0 Å². The lowest BCUT2D eigenvalue weighted by Gasteiger charge is -2.17. The minimum Gasteiger partial charge on any atom is -0.493 e. The van der Waals surface area contributed by atoms with Crippen LogP contribution in [-0.2, 0) is 6.61 Å². The number of nitrogens with one attached hydrogen (secondary N) is 2. The van der Waals surface area contributed by atoms with Crippen LogP contribution in [0.3, 0.4) is 0 Å². The Morgan fingerprint density at radius 3 is 2.39 bits per heavy atom. The highest BCUT2D eigenvalue weighted by molar-refractivity contribution is 5.95. The molecule has 2 atom stereocenters. The van der Waals surface area contributed by atoms with E-state index in [2.05, 4.69) is 10.6 Å². The Bertz CT molecular complexity index is 772. The molecule has 0 radical (unpaired) electrons. The predicted octanol–water partition coefficient (Wildman–Crippen LogP) is 1.59. The second-order valence-electron chi connectivity index (χ2n) is 6.68. The molecule has 0 spiro atoms. The van der Waals surface area contributed by atoms with Gasteiger partial charge in [0, 0.05) is 31.1 Å². The molecule has 2 aromatic rings. The van der Waals surface area contributed by atoms with E-state index in [0.29, 0.717) is 49.1 Å². The normalized spacial score (nSPS) is 18.5. The number of ether oxygens (including phenoxy) is 3. The number of rotatable bonds is 8. The summed E-state index contributed by atoms with van der Waals surface area (Å²) in [6.07, 6.45) is -0.446. The van der Waals surface area contributed by atoms with E-state index in [4.69, 9.17) is 14.2 Å². The van der Waals surface area contributed by atoms with E-state index in [1.54, 1.807) is 12.1 Å². The standard InChI is InChI=1S/C21H26N2O5/c1-26-18-8-15(21(25)23-11-16-10-22-12-17(16)24)9-19(27-2)20(18)28-13-14-6-4-3-5-7-14/h3-9,16-17,22,24H,10-13H2,1-2H3,(H,23,25). The Kier molecular flexibility index (Phi) is 6.73. The quantitative estimate of drug-likeness (QED) is 0.639. The summed E-state index contributed by atoms with van der Waals surface area (Å²) in [6.45, 7) is 1.98. The first-order chi connectivity index (χ1) is 13.6. The molecule has 150 valence electrons. The van der Waals surface area contributed by atoms with Gasteiger partial charge in [-0.1, -0.05) is 30.3 Å². The van der Waals surface area contributed by atoms with Crippen LogP contribution in [0.2, 0.25) is 0 Å². The molecule has 0 aromatic heterocycles. The lowest BCUT2D eigenvalue weighted by atomic mass is 10.1. The van der Waals surface area contributed by atoms with E-state index in [-0.39, 0.29) is 11.8 Å². The number of benzene rings is 2. The van der Waals surface area contributed by atoms with Gasteiger partial charge in [-0.05, 0) is 17.7 Å². The topological polar surface area (TPSA) is 89.1 Å². The Morgan fingerprint density at radius 1 is 1.14 bits per heavy atom. The van der Waals surface area contributed by atoms with E-state index in [1.807, 2.05) is 30.3 Å². The third-order valence-electron chi connectivity index (χ3n) is 4.78. The maximum atomic E-state index is 12.6. The Morgan fingerprint density at radius 2 is 1.82 bits per heavy atom. The van der Waals surface area contributed by atoms with Crippen LogP contribution in [0.5, 0.6) is 17.2 Å². The average Bonchev–Trinajstić information content (AvgIpc) is 3.15. The van der Waals surface area contributed by atoms with Crippen molar-refractivity contribution in [3.63, 3.8) is 0 Å². The summed E-state index contributed by atoms with van der Waals surface area (Å²) >= 11 is 0. The van der Waals surface area contributed by atoms with E-state index in [1.165, 1.54) is 14.2 Å². The molecule has 3 N–H and O–H groups in total. The molecule has 7 heteroatoms. The first-order valence-electron chi connectivity index (χ1n) is 9.22. The van der Waals surface area contributed by atoms with Gasteiger partial charge < -0.3 is 30.0 Å². The second kappa shape index (κ2) is 9.43. The molecule has 1 saturated heterocycles. The number of hydrogen-bond acceptors (Lipinski definition) is 6. The summed E-state index contributed by atoms with van der Waals surface area (Å²) in [5, 5.41) is 15.8. The Labute approximate surface area is 164 Å². The van der Waals surface area contributed by atoms with Gasteiger partial charge in [-0.2, -0.15) is 0 Å². The summed E-state index contributed by atoms with van der Waals surface area (Å²) in [5.74, 6) is 1.03. The number of β-amino-alcohol motifs (C(OH)–C–C–N with tert-alkyl or cyclic N) is 1. The van der Waals surface area contributed by atoms with Crippen LogP contribution in [0.25, 0.3) is 0 Å². The van der Waals surface area contributed by atoms with Crippen LogP contribution >= 0.6 is 0 Å². The molecule has 1 aliphatic heterocycles. The van der Waals surface area contributed by atoms with Gasteiger partial charge in [-0.15, -0.1) is 0 Å². The molecule has 0 saturated carbocycles. The minimum atomic E-state index is -0.446. The zero-order chi connectivity index (χ0) is 19.9. The first kappa shape index (κ1) is 20.0. The smallest absolute Gasteiger partial charge is 0.251 e. The van der Waals surface area contributed by atoms with E-state index in [9.17, 15) is 9.90 Å². The highest BCUT2D eigenvalue weighted by Crippen LogP contribution is 2.39. The number of carbonyl (C=O) groups excluding carboxylic acids is 1. The summed E-state index contributed by atoms with van der Waals surface area (Å²) in [7, 11) is 3.04. The fraction of sp³-hybridized carbons (Fsp3) is 0.381. The van der Waals surface area contributed by atoms with E-state index >= 15 is 0 Å². The molecular formula is C21H26N2O5. The summed E-state index contributed by atoms with van der Waals surface area (Å²) < 4.78 is 16.8. The van der Waals surface area contributed by atoms with Gasteiger partial charge in [0.2, 0.25) is 5.75 Å². The van der Waals surface area contributed by atoms with Gasteiger partial charge in [-0.25, -0.2) is 0 Å². The molecule has 7 nitrogen and oxygen atoms in total. The van der Waals surface area contributed by atoms with Crippen molar-refractivity contribution >= 4 is 5.91 Å². The van der Waals surface area contributed by atoms with Crippen LogP contribution in [0, 0.1) is 5.92 Å². The van der Waals surface area contributed by atoms with E-state index < -0.39 is 6.10 Å². The molecule has 3 rings (SSSR count). The lowest BCUT2D eigenvalue weighted by Crippen LogP contribution is -2.34. The fourth-order valence-electron chi connectivity index (χ4n) is 3.14. The molecule has 2 aromatic carbocycles. The van der Waals surface area contributed by atoms with Crippen LogP contribution in [0.15, 0.2) is 42.5 Å². The summed E-state index contributed by atoms with van der Waals surface area (Å²) in [6, 6.07) is 13.0. The molecular weight excluding hydrogens is 360 g/mol. The summed E-state index contributed by atoms with van der Waals surface area (Å²) in [5.41, 5.74) is 1.42. The molecule has 0 aliphatic carbocycles. The Hall–Kier alpha value is -2.77. The van der Waals surface area contributed by atoms with Gasteiger partial charge >= 0.3 is 0 Å². The predicted molar refractivity (Wildman–Crippen MR) is 105 cm³/mol. The second-order valence-corrected chi connectivity index (χ2v) is 6.68. The van der Waals surface area contributed by atoms with Crippen LogP contribution < -0.4 is 24.8 Å². The average molecular weight is 386 g/mol. The van der Waals surface area contributed by atoms with Crippen LogP contribution in [-0.4, -0.2) is 51.0 Å². The number of hydrogen-bond donors (Lipinski definition) is 3. The van der Waals surface area contributed by atoms with Gasteiger partial charge in [0.15, 0.2) is 11.5 Å². The third-order valence-corrected chi connectivity index (χ3v) is 4.78. The molecule has 1 heterocycles. The van der Waals surface area contributed by atoms with E-state index in [0.717, 1.165) is 5.56 Å². The number of aliphatic hydroxyl groups excluding tert-OH is 1. The summed E-state index contributed by atoms with van der Waals surface area (Å²) in [4.78, 5) is 12.6. The SMILES string of the molecule is COc1cc(C(=O)NCC2CNCC2O)cc(OC)c1OCc1ccccc1. The van der Waals surface area contributed by atoms with Crippen molar-refractivity contribution in [2.75, 3.05) is 33.9 Å². The first-order valence-corrected chi connectivity index (χ1v) is 9.22. The third kappa shape index (κ3) is 4.74. The Balaban J connectivity index is 1.73. The maximum Gasteiger partial charge on any atom is 0.251 e. The van der Waals surface area contributed by atoms with Gasteiger partial charge in [-0.3, -0.25) is 4.79 Å². The molecule has 28 heavy (non-hydrogen) atoms. The highest BCUT2D eigenvalue weighted by atomic mass is 16.5. The zero-order valence-corrected chi connectivity index (χ0v) is 16.1. The van der Waals surface area contributed by atoms with Gasteiger partial charge in [0.25, 0.3) is 5.91 Å². The monoisotopic (exact) mass is 386 g/mol. The lowest BCUT2D eigenvalue weighted by molar-refractivity contribution is 0.0926. The minimum absolute atomic E-state index is 0.00113. The van der Waals surface area contributed by atoms with Crippen molar-refractivity contribution in [3.8, 4) is 17.2 Å². The van der Waals surface area contributed by atoms with Crippen molar-refractivity contribution in [3.05, 3.63) is 53.6 Å². The largest absolute Gasteiger partial charge is 0.493 e. The number of aliphatic hydroxyl groups is 1. The molecule has 2 unspecified atom stereocenters. The number of carbonyl (C=O) groups is 1. The number of methoxy groups -OCH3 is 2. The highest BCUT2D eigenvalue weighted by Gasteiger charge is 2.25. The molecule has 1 fully saturated rings. The molecule has 0 bridgehead atoms.